The molecule has 0 bridgehead atoms. The summed E-state index contributed by atoms with van der Waals surface area (Å²) in [6.07, 6.45) is -3.21. The number of benzene rings is 1. The maximum Gasteiger partial charge on any atom is 0.406 e. The third-order valence-electron chi connectivity index (χ3n) is 2.82. The summed E-state index contributed by atoms with van der Waals surface area (Å²) in [5.41, 5.74) is 0.227. The van der Waals surface area contributed by atoms with Crippen molar-refractivity contribution in [3.05, 3.63) is 59.5 Å². The molecular formula is C15H11F3N2O2. The highest BCUT2D eigenvalue weighted by molar-refractivity contribution is 5.94. The second-order valence-electron chi connectivity index (χ2n) is 4.55. The number of nitriles is 1. The third-order valence-corrected chi connectivity index (χ3v) is 2.82. The van der Waals surface area contributed by atoms with Gasteiger partial charge in [0.1, 0.15) is 12.3 Å². The van der Waals surface area contributed by atoms with Crippen LogP contribution in [0.4, 0.5) is 13.2 Å². The summed E-state index contributed by atoms with van der Waals surface area (Å²) in [7, 11) is 0. The van der Waals surface area contributed by atoms with Crippen molar-refractivity contribution >= 4 is 5.91 Å². The van der Waals surface area contributed by atoms with Crippen LogP contribution in [0.25, 0.3) is 0 Å². The molecule has 0 N–H and O–H groups in total. The number of carbonyl (C=O) groups is 1. The van der Waals surface area contributed by atoms with Crippen molar-refractivity contribution in [3.63, 3.8) is 0 Å². The highest BCUT2D eigenvalue weighted by Gasteiger charge is 2.33. The van der Waals surface area contributed by atoms with Crippen LogP contribution in [0.5, 0.6) is 0 Å². The average Bonchev–Trinajstić information content (AvgIpc) is 2.97. The van der Waals surface area contributed by atoms with Gasteiger partial charge in [0.15, 0.2) is 0 Å². The molecular weight excluding hydrogens is 297 g/mol. The fourth-order valence-corrected chi connectivity index (χ4v) is 1.91. The molecule has 0 unspecified atom stereocenters. The Balaban J connectivity index is 2.26. The van der Waals surface area contributed by atoms with E-state index >= 15 is 0 Å². The minimum atomic E-state index is -4.53. The number of furan rings is 1. The van der Waals surface area contributed by atoms with Gasteiger partial charge in [-0.3, -0.25) is 4.79 Å². The van der Waals surface area contributed by atoms with Crippen LogP contribution in [0, 0.1) is 11.3 Å². The molecule has 0 atom stereocenters. The average molecular weight is 308 g/mol. The van der Waals surface area contributed by atoms with Crippen LogP contribution in [0.1, 0.15) is 21.7 Å². The number of alkyl halides is 3. The zero-order valence-electron chi connectivity index (χ0n) is 11.3. The van der Waals surface area contributed by atoms with Crippen LogP contribution in [-0.4, -0.2) is 23.5 Å². The normalized spacial score (nSPS) is 11.0. The first kappa shape index (κ1) is 15.6. The van der Waals surface area contributed by atoms with Crippen LogP contribution < -0.4 is 0 Å². The lowest BCUT2D eigenvalue weighted by Gasteiger charge is -2.23. The fraction of sp³-hybridized carbons (Fsp3) is 0.200. The number of amides is 1. The van der Waals surface area contributed by atoms with Crippen LogP contribution in [-0.2, 0) is 6.54 Å². The summed E-state index contributed by atoms with van der Waals surface area (Å²) < 4.78 is 43.0. The van der Waals surface area contributed by atoms with Crippen LogP contribution in [0.2, 0.25) is 0 Å². The molecule has 0 aliphatic carbocycles. The van der Waals surface area contributed by atoms with Gasteiger partial charge in [-0.05, 0) is 30.3 Å². The Bertz CT molecular complexity index is 688. The van der Waals surface area contributed by atoms with Gasteiger partial charge in [0.05, 0.1) is 24.4 Å². The molecule has 114 valence electrons. The summed E-state index contributed by atoms with van der Waals surface area (Å²) in [6.45, 7) is -1.70. The number of rotatable bonds is 4. The minimum absolute atomic E-state index is 0.0230. The number of halogens is 3. The van der Waals surface area contributed by atoms with Gasteiger partial charge in [0, 0.05) is 5.56 Å². The Morgan fingerprint density at radius 3 is 2.64 bits per heavy atom. The first-order chi connectivity index (χ1) is 10.4. The summed E-state index contributed by atoms with van der Waals surface area (Å²) in [5.74, 6) is -0.570. The lowest BCUT2D eigenvalue weighted by Crippen LogP contribution is -2.38. The molecule has 1 amide bonds. The summed E-state index contributed by atoms with van der Waals surface area (Å²) >= 11 is 0. The van der Waals surface area contributed by atoms with Gasteiger partial charge < -0.3 is 9.32 Å². The Morgan fingerprint density at radius 1 is 1.27 bits per heavy atom. The van der Waals surface area contributed by atoms with Crippen molar-refractivity contribution in [2.24, 2.45) is 0 Å². The molecule has 2 rings (SSSR count). The fourth-order valence-electron chi connectivity index (χ4n) is 1.91. The van der Waals surface area contributed by atoms with Crippen molar-refractivity contribution in [3.8, 4) is 6.07 Å². The topological polar surface area (TPSA) is 57.2 Å². The van der Waals surface area contributed by atoms with E-state index in [4.69, 9.17) is 9.68 Å². The van der Waals surface area contributed by atoms with Crippen molar-refractivity contribution < 1.29 is 22.4 Å². The molecule has 0 saturated carbocycles. The molecule has 7 heteroatoms. The zero-order chi connectivity index (χ0) is 16.2. The lowest BCUT2D eigenvalue weighted by molar-refractivity contribution is -0.142. The van der Waals surface area contributed by atoms with E-state index in [1.165, 1.54) is 42.7 Å². The largest absolute Gasteiger partial charge is 0.467 e. The SMILES string of the molecule is N#Cc1cccc(C(=O)N(Cc2ccco2)CC(F)(F)F)c1. The second kappa shape index (κ2) is 6.35. The molecule has 1 heterocycles. The molecule has 0 fully saturated rings. The minimum Gasteiger partial charge on any atom is -0.467 e. The molecule has 0 spiro atoms. The second-order valence-corrected chi connectivity index (χ2v) is 4.55. The maximum atomic E-state index is 12.7. The quantitative estimate of drug-likeness (QED) is 0.870. The van der Waals surface area contributed by atoms with Gasteiger partial charge in [0.25, 0.3) is 5.91 Å². The number of carbonyl (C=O) groups excluding carboxylic acids is 1. The van der Waals surface area contributed by atoms with Gasteiger partial charge in [-0.1, -0.05) is 6.07 Å². The summed E-state index contributed by atoms with van der Waals surface area (Å²) in [6, 6.07) is 10.4. The van der Waals surface area contributed by atoms with E-state index < -0.39 is 18.6 Å². The third kappa shape index (κ3) is 4.12. The van der Waals surface area contributed by atoms with Gasteiger partial charge in [-0.25, -0.2) is 0 Å². The van der Waals surface area contributed by atoms with E-state index in [0.717, 1.165) is 0 Å². The number of nitrogens with zero attached hydrogens (tertiary/aromatic N) is 2. The monoisotopic (exact) mass is 308 g/mol. The molecule has 0 radical (unpaired) electrons. The van der Waals surface area contributed by atoms with Crippen LogP contribution >= 0.6 is 0 Å². The molecule has 2 aromatic rings. The van der Waals surface area contributed by atoms with E-state index in [1.54, 1.807) is 0 Å². The molecule has 22 heavy (non-hydrogen) atoms. The molecule has 1 aromatic heterocycles. The van der Waals surface area contributed by atoms with E-state index in [1.807, 2.05) is 6.07 Å². The first-order valence-electron chi connectivity index (χ1n) is 6.27. The maximum absolute atomic E-state index is 12.7. The Morgan fingerprint density at radius 2 is 2.05 bits per heavy atom. The van der Waals surface area contributed by atoms with Gasteiger partial charge in [-0.15, -0.1) is 0 Å². The molecule has 0 aliphatic rings. The van der Waals surface area contributed by atoms with Crippen LogP contribution in [0.15, 0.2) is 47.1 Å². The number of hydrogen-bond acceptors (Lipinski definition) is 3. The van der Waals surface area contributed by atoms with E-state index in [9.17, 15) is 18.0 Å². The van der Waals surface area contributed by atoms with E-state index in [2.05, 4.69) is 0 Å². The molecule has 1 aromatic carbocycles. The van der Waals surface area contributed by atoms with Gasteiger partial charge in [-0.2, -0.15) is 18.4 Å². The van der Waals surface area contributed by atoms with Gasteiger partial charge in [0.2, 0.25) is 0 Å². The molecule has 0 saturated heterocycles. The Hall–Kier alpha value is -2.75. The van der Waals surface area contributed by atoms with Crippen LogP contribution in [0.3, 0.4) is 0 Å². The smallest absolute Gasteiger partial charge is 0.406 e. The lowest BCUT2D eigenvalue weighted by atomic mass is 10.1. The first-order valence-corrected chi connectivity index (χ1v) is 6.27. The predicted octanol–water partition coefficient (Wildman–Crippen LogP) is 3.36. The Labute approximate surface area is 124 Å². The zero-order valence-corrected chi connectivity index (χ0v) is 11.3. The highest BCUT2D eigenvalue weighted by atomic mass is 19.4. The Kier molecular flexibility index (Phi) is 4.51. The van der Waals surface area contributed by atoms with E-state index in [-0.39, 0.29) is 23.4 Å². The molecule has 0 aliphatic heterocycles. The van der Waals surface area contributed by atoms with Crippen molar-refractivity contribution in [1.29, 1.82) is 5.26 Å². The van der Waals surface area contributed by atoms with Gasteiger partial charge >= 0.3 is 6.18 Å². The van der Waals surface area contributed by atoms with E-state index in [0.29, 0.717) is 4.90 Å². The van der Waals surface area contributed by atoms with Crippen molar-refractivity contribution in [2.75, 3.05) is 6.54 Å². The standard InChI is InChI=1S/C15H11F3N2O2/c16-15(17,18)10-20(9-13-5-2-6-22-13)14(21)12-4-1-3-11(7-12)8-19/h1-7H,9-10H2. The summed E-state index contributed by atoms with van der Waals surface area (Å²) in [4.78, 5) is 12.9. The van der Waals surface area contributed by atoms with Crippen molar-refractivity contribution in [1.82, 2.24) is 4.90 Å². The highest BCUT2D eigenvalue weighted by Crippen LogP contribution is 2.20. The molecule has 4 nitrogen and oxygen atoms in total. The predicted molar refractivity (Wildman–Crippen MR) is 70.7 cm³/mol. The number of hydrogen-bond donors (Lipinski definition) is 0. The van der Waals surface area contributed by atoms with Crippen molar-refractivity contribution in [2.45, 2.75) is 12.7 Å². The summed E-state index contributed by atoms with van der Waals surface area (Å²) in [5, 5.41) is 8.81.